The summed E-state index contributed by atoms with van der Waals surface area (Å²) in [6.45, 7) is 0.751. The van der Waals surface area contributed by atoms with Crippen LogP contribution in [-0.4, -0.2) is 25.4 Å². The zero-order valence-electron chi connectivity index (χ0n) is 10.0. The van der Waals surface area contributed by atoms with Crippen LogP contribution in [0.15, 0.2) is 22.7 Å². The summed E-state index contributed by atoms with van der Waals surface area (Å²) in [6, 6.07) is 7.58. The van der Waals surface area contributed by atoms with Gasteiger partial charge in [-0.3, -0.25) is 0 Å². The molecule has 1 aromatic rings. The Bertz CT molecular complexity index is 478. The van der Waals surface area contributed by atoms with Crippen molar-refractivity contribution in [3.05, 3.63) is 28.2 Å². The number of hydrogen-bond acceptors (Lipinski definition) is 4. The van der Waals surface area contributed by atoms with Crippen LogP contribution in [0.3, 0.4) is 0 Å². The van der Waals surface area contributed by atoms with Crippen molar-refractivity contribution in [2.75, 3.05) is 20.3 Å². The molecule has 1 saturated heterocycles. The topological polar surface area (TPSA) is 62.5 Å². The molecule has 0 aliphatic carbocycles. The van der Waals surface area contributed by atoms with Gasteiger partial charge in [-0.25, -0.2) is 0 Å². The van der Waals surface area contributed by atoms with Crippen molar-refractivity contribution < 1.29 is 14.6 Å². The summed E-state index contributed by atoms with van der Waals surface area (Å²) in [5.74, 6) is 0.576. The molecular formula is C13H14BrNO3. The van der Waals surface area contributed by atoms with Crippen LogP contribution in [0.2, 0.25) is 0 Å². The minimum absolute atomic E-state index is 0.250. The van der Waals surface area contributed by atoms with E-state index < -0.39 is 11.5 Å². The van der Waals surface area contributed by atoms with Gasteiger partial charge >= 0.3 is 0 Å². The van der Waals surface area contributed by atoms with E-state index in [1.165, 1.54) is 0 Å². The Balaban J connectivity index is 2.41. The first-order chi connectivity index (χ1) is 8.63. The van der Waals surface area contributed by atoms with Gasteiger partial charge < -0.3 is 14.6 Å². The van der Waals surface area contributed by atoms with Gasteiger partial charge in [0.1, 0.15) is 17.3 Å². The molecule has 2 rings (SSSR count). The van der Waals surface area contributed by atoms with Crippen molar-refractivity contribution in [2.24, 2.45) is 5.41 Å². The number of methoxy groups -OCH3 is 1. The van der Waals surface area contributed by atoms with E-state index in [4.69, 9.17) is 9.47 Å². The van der Waals surface area contributed by atoms with E-state index in [1.807, 2.05) is 6.07 Å². The Morgan fingerprint density at radius 2 is 2.39 bits per heavy atom. The molecule has 1 heterocycles. The van der Waals surface area contributed by atoms with Crippen LogP contribution >= 0.6 is 15.9 Å². The van der Waals surface area contributed by atoms with E-state index in [0.29, 0.717) is 24.3 Å². The maximum absolute atomic E-state index is 10.5. The number of ether oxygens (including phenoxy) is 2. The van der Waals surface area contributed by atoms with E-state index in [9.17, 15) is 10.4 Å². The summed E-state index contributed by atoms with van der Waals surface area (Å²) >= 11 is 3.36. The fourth-order valence-corrected chi connectivity index (χ4v) is 2.54. The molecule has 1 N–H and O–H groups in total. The van der Waals surface area contributed by atoms with Crippen LogP contribution in [0.4, 0.5) is 0 Å². The fraction of sp³-hybridized carbons (Fsp3) is 0.462. The zero-order valence-corrected chi connectivity index (χ0v) is 11.6. The maximum atomic E-state index is 10.5. The van der Waals surface area contributed by atoms with E-state index in [-0.39, 0.29) is 6.61 Å². The molecule has 1 fully saturated rings. The van der Waals surface area contributed by atoms with Gasteiger partial charge in [0.05, 0.1) is 19.8 Å². The average molecular weight is 312 g/mol. The Morgan fingerprint density at radius 3 is 2.94 bits per heavy atom. The van der Waals surface area contributed by atoms with Gasteiger partial charge in [0.25, 0.3) is 0 Å². The lowest BCUT2D eigenvalue weighted by atomic mass is 9.79. The zero-order chi connectivity index (χ0) is 13.2. The molecule has 0 saturated carbocycles. The molecule has 0 spiro atoms. The summed E-state index contributed by atoms with van der Waals surface area (Å²) in [5.41, 5.74) is -0.271. The lowest BCUT2D eigenvalue weighted by Crippen LogP contribution is -2.28. The second-order valence-electron chi connectivity index (χ2n) is 4.36. The number of nitriles is 1. The summed E-state index contributed by atoms with van der Waals surface area (Å²) in [5, 5.41) is 19.8. The number of nitrogens with zero attached hydrogens (tertiary/aromatic N) is 1. The third-order valence-electron chi connectivity index (χ3n) is 3.28. The van der Waals surface area contributed by atoms with Gasteiger partial charge in [-0.15, -0.1) is 0 Å². The highest BCUT2D eigenvalue weighted by Gasteiger charge is 2.44. The van der Waals surface area contributed by atoms with Gasteiger partial charge in [0.15, 0.2) is 0 Å². The molecule has 4 nitrogen and oxygen atoms in total. The number of hydrogen-bond donors (Lipinski definition) is 1. The average Bonchev–Trinajstić information content (AvgIpc) is 2.87. The molecule has 1 aliphatic heterocycles. The normalized spacial score (nSPS) is 24.6. The van der Waals surface area contributed by atoms with Gasteiger partial charge in [-0.05, 0) is 24.6 Å². The number of aliphatic hydroxyl groups excluding tert-OH is 1. The molecule has 96 valence electrons. The smallest absolute Gasteiger partial charge is 0.124 e. The van der Waals surface area contributed by atoms with Crippen molar-refractivity contribution in [2.45, 2.75) is 12.5 Å². The highest BCUT2D eigenvalue weighted by molar-refractivity contribution is 9.10. The van der Waals surface area contributed by atoms with Crippen molar-refractivity contribution in [3.8, 4) is 11.8 Å². The second-order valence-corrected chi connectivity index (χ2v) is 5.28. The molecule has 0 aromatic heterocycles. The van der Waals surface area contributed by atoms with Crippen LogP contribution in [0.25, 0.3) is 0 Å². The first-order valence-corrected chi connectivity index (χ1v) is 6.43. The first kappa shape index (κ1) is 13.3. The molecule has 1 aliphatic rings. The van der Waals surface area contributed by atoms with E-state index in [1.54, 1.807) is 19.2 Å². The van der Waals surface area contributed by atoms with Gasteiger partial charge in [-0.2, -0.15) is 5.26 Å². The minimum Gasteiger partial charge on any atom is -0.496 e. The van der Waals surface area contributed by atoms with Crippen LogP contribution in [0.5, 0.6) is 5.75 Å². The second kappa shape index (κ2) is 5.27. The standard InChI is InChI=1S/C13H14BrNO3/c1-17-11-3-2-9(14)6-10(11)12(16)13(7-15)4-5-18-8-13/h2-3,6,12,16H,4-5,8H2,1H3. The third-order valence-corrected chi connectivity index (χ3v) is 3.78. The van der Waals surface area contributed by atoms with Gasteiger partial charge in [0.2, 0.25) is 0 Å². The predicted molar refractivity (Wildman–Crippen MR) is 69.1 cm³/mol. The molecule has 1 aromatic carbocycles. The lowest BCUT2D eigenvalue weighted by Gasteiger charge is -2.27. The van der Waals surface area contributed by atoms with Crippen molar-refractivity contribution >= 4 is 15.9 Å². The number of rotatable bonds is 3. The highest BCUT2D eigenvalue weighted by Crippen LogP contribution is 2.43. The molecule has 0 amide bonds. The fourth-order valence-electron chi connectivity index (χ4n) is 2.16. The molecule has 18 heavy (non-hydrogen) atoms. The van der Waals surface area contributed by atoms with Crippen LogP contribution in [-0.2, 0) is 4.74 Å². The predicted octanol–water partition coefficient (Wildman–Crippen LogP) is 2.42. The van der Waals surface area contributed by atoms with Crippen molar-refractivity contribution in [3.63, 3.8) is 0 Å². The van der Waals surface area contributed by atoms with Crippen molar-refractivity contribution in [1.29, 1.82) is 5.26 Å². The number of aliphatic hydroxyl groups is 1. The summed E-state index contributed by atoms with van der Waals surface area (Å²) in [4.78, 5) is 0. The Hall–Kier alpha value is -1.09. The highest BCUT2D eigenvalue weighted by atomic mass is 79.9. The van der Waals surface area contributed by atoms with Crippen LogP contribution in [0, 0.1) is 16.7 Å². The van der Waals surface area contributed by atoms with Crippen LogP contribution in [0.1, 0.15) is 18.1 Å². The summed E-state index contributed by atoms with van der Waals surface area (Å²) in [6.07, 6.45) is -0.391. The molecular weight excluding hydrogens is 298 g/mol. The molecule has 5 heteroatoms. The minimum atomic E-state index is -0.919. The van der Waals surface area contributed by atoms with Gasteiger partial charge in [-0.1, -0.05) is 15.9 Å². The summed E-state index contributed by atoms with van der Waals surface area (Å²) in [7, 11) is 1.55. The number of benzene rings is 1. The monoisotopic (exact) mass is 311 g/mol. The van der Waals surface area contributed by atoms with E-state index >= 15 is 0 Å². The molecule has 2 atom stereocenters. The van der Waals surface area contributed by atoms with Crippen molar-refractivity contribution in [1.82, 2.24) is 0 Å². The van der Waals surface area contributed by atoms with E-state index in [0.717, 1.165) is 4.47 Å². The maximum Gasteiger partial charge on any atom is 0.124 e. The largest absolute Gasteiger partial charge is 0.496 e. The SMILES string of the molecule is COc1ccc(Br)cc1C(O)C1(C#N)CCOC1. The lowest BCUT2D eigenvalue weighted by molar-refractivity contribution is 0.0486. The Morgan fingerprint density at radius 1 is 1.61 bits per heavy atom. The first-order valence-electron chi connectivity index (χ1n) is 5.63. The summed E-state index contributed by atoms with van der Waals surface area (Å²) < 4.78 is 11.3. The Kier molecular flexibility index (Phi) is 3.91. The number of halogens is 1. The van der Waals surface area contributed by atoms with E-state index in [2.05, 4.69) is 22.0 Å². The molecule has 2 unspecified atom stereocenters. The quantitative estimate of drug-likeness (QED) is 0.931. The molecule has 0 bridgehead atoms. The third kappa shape index (κ3) is 2.24. The van der Waals surface area contributed by atoms with Crippen LogP contribution < -0.4 is 4.74 Å². The van der Waals surface area contributed by atoms with Gasteiger partial charge in [0, 0.05) is 16.6 Å². The Labute approximate surface area is 114 Å². The molecule has 0 radical (unpaired) electrons.